The summed E-state index contributed by atoms with van der Waals surface area (Å²) in [4.78, 5) is 11.4. The van der Waals surface area contributed by atoms with Gasteiger partial charge in [0.1, 0.15) is 22.9 Å². The van der Waals surface area contributed by atoms with Crippen molar-refractivity contribution in [1.29, 1.82) is 0 Å². The minimum absolute atomic E-state index is 0.0311. The highest BCUT2D eigenvalue weighted by atomic mass is 35.5. The van der Waals surface area contributed by atoms with Crippen LogP contribution in [0.3, 0.4) is 0 Å². The smallest absolute Gasteiger partial charge is 0.434 e. The zero-order valence-electron chi connectivity index (χ0n) is 12.0. The van der Waals surface area contributed by atoms with Gasteiger partial charge in [-0.05, 0) is 0 Å². The molecule has 0 fully saturated rings. The number of amides is 1. The van der Waals surface area contributed by atoms with E-state index in [0.29, 0.717) is 4.68 Å². The second-order valence-electron chi connectivity index (χ2n) is 4.99. The van der Waals surface area contributed by atoms with Crippen LogP contribution in [0.25, 0.3) is 11.3 Å². The van der Waals surface area contributed by atoms with Crippen molar-refractivity contribution in [3.8, 4) is 17.0 Å². The largest absolute Gasteiger partial charge is 0.481 e. The Morgan fingerprint density at radius 2 is 2.12 bits per heavy atom. The van der Waals surface area contributed by atoms with Gasteiger partial charge in [-0.1, -0.05) is 11.6 Å². The van der Waals surface area contributed by atoms with Crippen LogP contribution < -0.4 is 15.8 Å². The molecule has 0 aliphatic carbocycles. The molecule has 1 aromatic heterocycles. The summed E-state index contributed by atoms with van der Waals surface area (Å²) in [6.07, 6.45) is -4.78. The molecular weight excluding hydrogens is 356 g/mol. The van der Waals surface area contributed by atoms with Crippen molar-refractivity contribution in [2.24, 2.45) is 7.05 Å². The lowest BCUT2D eigenvalue weighted by Crippen LogP contribution is -2.26. The second kappa shape index (κ2) is 5.26. The van der Waals surface area contributed by atoms with Crippen LogP contribution in [0.4, 0.5) is 28.9 Å². The van der Waals surface area contributed by atoms with E-state index >= 15 is 0 Å². The number of anilines is 2. The van der Waals surface area contributed by atoms with Gasteiger partial charge < -0.3 is 15.8 Å². The Kier molecular flexibility index (Phi) is 3.59. The van der Waals surface area contributed by atoms with Crippen LogP contribution in [0.5, 0.6) is 5.75 Å². The van der Waals surface area contributed by atoms with Crippen LogP contribution in [0.15, 0.2) is 6.07 Å². The van der Waals surface area contributed by atoms with Crippen molar-refractivity contribution in [2.75, 3.05) is 17.7 Å². The minimum Gasteiger partial charge on any atom is -0.481 e. The fraction of sp³-hybridized carbons (Fsp3) is 0.231. The van der Waals surface area contributed by atoms with Gasteiger partial charge >= 0.3 is 6.18 Å². The van der Waals surface area contributed by atoms with E-state index in [2.05, 4.69) is 10.4 Å². The Morgan fingerprint density at radius 1 is 1.46 bits per heavy atom. The summed E-state index contributed by atoms with van der Waals surface area (Å²) in [6, 6.07) is 0.902. The maximum Gasteiger partial charge on any atom is 0.434 e. The third-order valence-electron chi connectivity index (χ3n) is 3.40. The van der Waals surface area contributed by atoms with E-state index in [4.69, 9.17) is 22.1 Å². The maximum absolute atomic E-state index is 14.4. The summed E-state index contributed by atoms with van der Waals surface area (Å²) in [5.74, 6) is -1.54. The van der Waals surface area contributed by atoms with Gasteiger partial charge in [0.25, 0.3) is 5.91 Å². The minimum atomic E-state index is -4.78. The molecule has 24 heavy (non-hydrogen) atoms. The van der Waals surface area contributed by atoms with E-state index in [1.54, 1.807) is 0 Å². The number of aromatic nitrogens is 2. The summed E-state index contributed by atoms with van der Waals surface area (Å²) in [7, 11) is 1.02. The molecule has 128 valence electrons. The van der Waals surface area contributed by atoms with Crippen LogP contribution in [-0.2, 0) is 18.0 Å². The van der Waals surface area contributed by atoms with E-state index < -0.39 is 39.9 Å². The average Bonchev–Trinajstić information content (AvgIpc) is 2.75. The van der Waals surface area contributed by atoms with Crippen LogP contribution in [0.1, 0.15) is 5.69 Å². The molecule has 11 heteroatoms. The molecule has 0 unspecified atom stereocenters. The molecule has 2 heterocycles. The first-order valence-corrected chi connectivity index (χ1v) is 6.83. The number of benzene rings is 1. The van der Waals surface area contributed by atoms with Gasteiger partial charge in [0.2, 0.25) is 0 Å². The van der Waals surface area contributed by atoms with Gasteiger partial charge in [-0.25, -0.2) is 4.39 Å². The molecule has 0 saturated carbocycles. The molecule has 6 nitrogen and oxygen atoms in total. The summed E-state index contributed by atoms with van der Waals surface area (Å²) in [5.41, 5.74) is 3.27. The number of carbonyl (C=O) groups excluding carboxylic acids is 1. The van der Waals surface area contributed by atoms with Crippen LogP contribution >= 0.6 is 11.6 Å². The lowest BCUT2D eigenvalue weighted by atomic mass is 10.1. The first-order valence-electron chi connectivity index (χ1n) is 6.46. The number of rotatable bonds is 1. The van der Waals surface area contributed by atoms with E-state index in [1.807, 2.05) is 0 Å². The third-order valence-corrected chi connectivity index (χ3v) is 3.76. The molecule has 0 bridgehead atoms. The average molecular weight is 365 g/mol. The van der Waals surface area contributed by atoms with Crippen molar-refractivity contribution in [1.82, 2.24) is 9.78 Å². The molecule has 1 amide bonds. The first kappa shape index (κ1) is 16.4. The number of ether oxygens (including phenoxy) is 1. The lowest BCUT2D eigenvalue weighted by Gasteiger charge is -2.21. The molecule has 0 radical (unpaired) electrons. The van der Waals surface area contributed by atoms with Crippen molar-refractivity contribution >= 4 is 28.9 Å². The van der Waals surface area contributed by atoms with Gasteiger partial charge in [0, 0.05) is 13.1 Å². The number of nitrogens with zero attached hydrogens (tertiary/aromatic N) is 2. The number of aryl methyl sites for hydroxylation is 1. The third kappa shape index (κ3) is 2.42. The number of nitrogens with two attached hydrogens (primary N) is 1. The maximum atomic E-state index is 14.4. The zero-order chi connectivity index (χ0) is 17.8. The first-order chi connectivity index (χ1) is 11.1. The number of fused-ring (bicyclic) bond motifs is 1. The highest BCUT2D eigenvalue weighted by Gasteiger charge is 2.40. The predicted octanol–water partition coefficient (Wildman–Crippen LogP) is 2.81. The van der Waals surface area contributed by atoms with Gasteiger partial charge in [-0.2, -0.15) is 18.3 Å². The van der Waals surface area contributed by atoms with E-state index in [-0.39, 0.29) is 23.7 Å². The molecule has 3 N–H and O–H groups in total. The molecule has 0 saturated heterocycles. The van der Waals surface area contributed by atoms with Crippen LogP contribution in [-0.4, -0.2) is 22.3 Å². The standard InChI is InChI=1S/C13H9ClF4N4O2/c1-22-12(13(16,17)18)8(14)11(21-22)7-4(15)2-5-10(9(7)19)20-6(23)3-24-5/h2H,3,19H2,1H3,(H,20,23). The highest BCUT2D eigenvalue weighted by Crippen LogP contribution is 2.46. The number of carbonyl (C=O) groups is 1. The molecular formula is C13H9ClF4N4O2. The Labute approximate surface area is 137 Å². The molecule has 0 spiro atoms. The molecule has 0 atom stereocenters. The van der Waals surface area contributed by atoms with E-state index in [1.165, 1.54) is 0 Å². The fourth-order valence-corrected chi connectivity index (χ4v) is 2.78. The molecule has 3 rings (SSSR count). The number of nitrogens with one attached hydrogen (secondary N) is 1. The summed E-state index contributed by atoms with van der Waals surface area (Å²) in [6.45, 7) is -0.326. The van der Waals surface area contributed by atoms with Crippen LogP contribution in [0, 0.1) is 5.82 Å². The number of halogens is 5. The predicted molar refractivity (Wildman–Crippen MR) is 77.2 cm³/mol. The van der Waals surface area contributed by atoms with Crippen LogP contribution in [0.2, 0.25) is 5.02 Å². The van der Waals surface area contributed by atoms with Gasteiger partial charge in [-0.3, -0.25) is 9.48 Å². The van der Waals surface area contributed by atoms with E-state index in [0.717, 1.165) is 13.1 Å². The van der Waals surface area contributed by atoms with Gasteiger partial charge in [0.05, 0.1) is 16.3 Å². The Morgan fingerprint density at radius 3 is 2.71 bits per heavy atom. The lowest BCUT2D eigenvalue weighted by molar-refractivity contribution is -0.143. The topological polar surface area (TPSA) is 82.2 Å². The number of alkyl halides is 3. The van der Waals surface area contributed by atoms with Crippen molar-refractivity contribution in [3.63, 3.8) is 0 Å². The summed E-state index contributed by atoms with van der Waals surface area (Å²) < 4.78 is 58.9. The number of nitrogen functional groups attached to an aromatic ring is 1. The molecule has 1 aliphatic rings. The van der Waals surface area contributed by atoms with Crippen molar-refractivity contribution in [3.05, 3.63) is 22.6 Å². The molecule has 1 aliphatic heterocycles. The van der Waals surface area contributed by atoms with E-state index in [9.17, 15) is 22.4 Å². The van der Waals surface area contributed by atoms with Gasteiger partial charge in [0.15, 0.2) is 12.3 Å². The zero-order valence-corrected chi connectivity index (χ0v) is 12.7. The highest BCUT2D eigenvalue weighted by molar-refractivity contribution is 6.34. The molecule has 1 aromatic carbocycles. The van der Waals surface area contributed by atoms with Crippen molar-refractivity contribution in [2.45, 2.75) is 6.18 Å². The Hall–Kier alpha value is -2.49. The Balaban J connectivity index is 2.25. The Bertz CT molecular complexity index is 863. The quantitative estimate of drug-likeness (QED) is 0.602. The monoisotopic (exact) mass is 364 g/mol. The van der Waals surface area contributed by atoms with Gasteiger partial charge in [-0.15, -0.1) is 0 Å². The SMILES string of the molecule is Cn1nc(-c2c(F)cc3c(c2N)NC(=O)CO3)c(Cl)c1C(F)(F)F. The molecule has 2 aromatic rings. The second-order valence-corrected chi connectivity index (χ2v) is 5.37. The summed E-state index contributed by atoms with van der Waals surface area (Å²) in [5, 5.41) is 5.22. The fourth-order valence-electron chi connectivity index (χ4n) is 2.41. The number of hydrogen-bond acceptors (Lipinski definition) is 4. The summed E-state index contributed by atoms with van der Waals surface area (Å²) >= 11 is 5.76. The number of hydrogen-bond donors (Lipinski definition) is 2. The van der Waals surface area contributed by atoms with Crippen molar-refractivity contribution < 1.29 is 27.1 Å². The normalized spacial score (nSPS) is 14.2.